The molecule has 0 saturated heterocycles. The van der Waals surface area contributed by atoms with Gasteiger partial charge >= 0.3 is 5.97 Å². The van der Waals surface area contributed by atoms with Gasteiger partial charge in [0.05, 0.1) is 18.0 Å². The van der Waals surface area contributed by atoms with E-state index in [0.29, 0.717) is 5.82 Å². The first-order valence-electron chi connectivity index (χ1n) is 5.80. The van der Waals surface area contributed by atoms with Gasteiger partial charge in [0, 0.05) is 7.05 Å². The second kappa shape index (κ2) is 5.00. The molecule has 2 rings (SSSR count). The molecular weight excluding hydrogens is 244 g/mol. The lowest BCUT2D eigenvalue weighted by atomic mass is 10.3. The number of benzene rings is 1. The van der Waals surface area contributed by atoms with E-state index in [1.165, 1.54) is 5.01 Å². The summed E-state index contributed by atoms with van der Waals surface area (Å²) in [5.74, 6) is 5.62. The molecule has 2 N–H and O–H groups in total. The van der Waals surface area contributed by atoms with Crippen molar-refractivity contribution in [2.24, 2.45) is 5.84 Å². The summed E-state index contributed by atoms with van der Waals surface area (Å²) in [4.78, 5) is 13.5. The van der Waals surface area contributed by atoms with Crippen molar-refractivity contribution in [1.82, 2.24) is 0 Å². The van der Waals surface area contributed by atoms with Crippen LogP contribution in [0.5, 0.6) is 0 Å². The normalized spacial score (nSPS) is 15.9. The van der Waals surface area contributed by atoms with E-state index in [-0.39, 0.29) is 12.2 Å². The number of hydrogen-bond acceptors (Lipinski definition) is 6. The summed E-state index contributed by atoms with van der Waals surface area (Å²) in [7, 11) is 1.75. The second-order valence-corrected chi connectivity index (χ2v) is 3.95. The number of nitrogens with two attached hydrogens (primary N) is 1. The average molecular weight is 258 g/mol. The van der Waals surface area contributed by atoms with Crippen molar-refractivity contribution < 1.29 is 9.53 Å². The minimum absolute atomic E-state index is 0.108. The van der Waals surface area contributed by atoms with Gasteiger partial charge in [-0.25, -0.2) is 10.6 Å². The van der Waals surface area contributed by atoms with E-state index >= 15 is 0 Å². The molecule has 0 spiro atoms. The topological polar surface area (TPSA) is 82.6 Å². The fraction of sp³-hybridized carbons (Fsp3) is 0.231. The van der Waals surface area contributed by atoms with Crippen molar-refractivity contribution >= 4 is 17.3 Å². The van der Waals surface area contributed by atoms with Gasteiger partial charge < -0.3 is 9.64 Å². The van der Waals surface area contributed by atoms with E-state index in [9.17, 15) is 10.1 Å². The number of hydrogen-bond donors (Lipinski definition) is 1. The van der Waals surface area contributed by atoms with Crippen molar-refractivity contribution in [2.75, 3.05) is 23.6 Å². The number of carbonyl (C=O) groups is 1. The lowest BCUT2D eigenvalue weighted by Crippen LogP contribution is -2.34. The van der Waals surface area contributed by atoms with E-state index < -0.39 is 5.97 Å². The Morgan fingerprint density at radius 3 is 2.58 bits per heavy atom. The molecule has 1 aliphatic heterocycles. The van der Waals surface area contributed by atoms with Crippen molar-refractivity contribution in [2.45, 2.75) is 6.92 Å². The highest BCUT2D eigenvalue weighted by Crippen LogP contribution is 2.39. The number of hydrazine groups is 1. The molecule has 0 unspecified atom stereocenters. The van der Waals surface area contributed by atoms with Crippen molar-refractivity contribution in [1.29, 1.82) is 5.26 Å². The number of ether oxygens (including phenoxy) is 1. The summed E-state index contributed by atoms with van der Waals surface area (Å²) in [5, 5.41) is 10.5. The SMILES string of the molecule is CCOC(=O)/C(C#N)=C1\N(C)c2ccccc2N1N. The van der Waals surface area contributed by atoms with Crippen LogP contribution < -0.4 is 15.8 Å². The Hall–Kier alpha value is -2.52. The van der Waals surface area contributed by atoms with Crippen LogP contribution in [0.15, 0.2) is 35.7 Å². The van der Waals surface area contributed by atoms with E-state index in [1.807, 2.05) is 30.3 Å². The van der Waals surface area contributed by atoms with Crippen LogP contribution in [0.4, 0.5) is 11.4 Å². The average Bonchev–Trinajstić information content (AvgIpc) is 2.66. The highest BCUT2D eigenvalue weighted by Gasteiger charge is 2.32. The van der Waals surface area contributed by atoms with Crippen LogP contribution in [0.3, 0.4) is 0 Å². The third kappa shape index (κ3) is 2.00. The van der Waals surface area contributed by atoms with Crippen LogP contribution in [0, 0.1) is 11.3 Å². The Morgan fingerprint density at radius 1 is 1.42 bits per heavy atom. The van der Waals surface area contributed by atoms with Gasteiger partial charge in [-0.3, -0.25) is 5.01 Å². The van der Waals surface area contributed by atoms with E-state index in [1.54, 1.807) is 18.9 Å². The number of rotatable bonds is 2. The number of nitrogens with zero attached hydrogens (tertiary/aromatic N) is 3. The van der Waals surface area contributed by atoms with Crippen LogP contribution >= 0.6 is 0 Å². The molecule has 0 fully saturated rings. The monoisotopic (exact) mass is 258 g/mol. The molecule has 98 valence electrons. The van der Waals surface area contributed by atoms with Crippen LogP contribution in [0.1, 0.15) is 6.92 Å². The molecule has 1 aromatic rings. The number of carbonyl (C=O) groups excluding carboxylic acids is 1. The fourth-order valence-corrected chi connectivity index (χ4v) is 2.02. The van der Waals surface area contributed by atoms with Crippen LogP contribution in [0.25, 0.3) is 0 Å². The molecule has 0 bridgehead atoms. The van der Waals surface area contributed by atoms with Gasteiger partial charge in [0.1, 0.15) is 6.07 Å². The smallest absolute Gasteiger partial charge is 0.352 e. The van der Waals surface area contributed by atoms with Gasteiger partial charge in [0.25, 0.3) is 0 Å². The van der Waals surface area contributed by atoms with Crippen LogP contribution in [0.2, 0.25) is 0 Å². The molecule has 0 amide bonds. The highest BCUT2D eigenvalue weighted by atomic mass is 16.5. The summed E-state index contributed by atoms with van der Waals surface area (Å²) in [5.41, 5.74) is 1.46. The first-order chi connectivity index (χ1) is 9.11. The van der Waals surface area contributed by atoms with Gasteiger partial charge in [-0.15, -0.1) is 0 Å². The van der Waals surface area contributed by atoms with E-state index in [0.717, 1.165) is 11.4 Å². The zero-order chi connectivity index (χ0) is 14.0. The lowest BCUT2D eigenvalue weighted by molar-refractivity contribution is -0.138. The van der Waals surface area contributed by atoms with E-state index in [4.69, 9.17) is 10.6 Å². The number of para-hydroxylation sites is 2. The number of nitriles is 1. The Balaban J connectivity index is 2.53. The zero-order valence-corrected chi connectivity index (χ0v) is 10.8. The minimum Gasteiger partial charge on any atom is -0.462 e. The molecule has 0 aromatic heterocycles. The van der Waals surface area contributed by atoms with Crippen molar-refractivity contribution in [3.8, 4) is 6.07 Å². The molecule has 1 aliphatic rings. The zero-order valence-electron chi connectivity index (χ0n) is 10.8. The van der Waals surface area contributed by atoms with Gasteiger partial charge in [0.15, 0.2) is 11.4 Å². The highest BCUT2D eigenvalue weighted by molar-refractivity contribution is 5.97. The molecule has 0 atom stereocenters. The Bertz CT molecular complexity index is 558. The number of fused-ring (bicyclic) bond motifs is 1. The Morgan fingerprint density at radius 2 is 2.05 bits per heavy atom. The molecule has 6 nitrogen and oxygen atoms in total. The third-order valence-electron chi connectivity index (χ3n) is 2.86. The largest absolute Gasteiger partial charge is 0.462 e. The summed E-state index contributed by atoms with van der Waals surface area (Å²) in [6.07, 6.45) is 0. The molecule has 0 radical (unpaired) electrons. The summed E-state index contributed by atoms with van der Waals surface area (Å²) in [6.45, 7) is 1.89. The minimum atomic E-state index is -0.671. The lowest BCUT2D eigenvalue weighted by Gasteiger charge is -2.18. The first kappa shape index (κ1) is 12.9. The van der Waals surface area contributed by atoms with Gasteiger partial charge in [-0.2, -0.15) is 5.26 Å². The predicted molar refractivity (Wildman–Crippen MR) is 70.8 cm³/mol. The number of anilines is 2. The molecular formula is C13H14N4O2. The second-order valence-electron chi connectivity index (χ2n) is 3.95. The molecule has 0 aliphatic carbocycles. The van der Waals surface area contributed by atoms with Gasteiger partial charge in [-0.05, 0) is 19.1 Å². The molecule has 19 heavy (non-hydrogen) atoms. The van der Waals surface area contributed by atoms with Crippen LogP contribution in [-0.4, -0.2) is 19.6 Å². The quantitative estimate of drug-likeness (QED) is 0.370. The van der Waals surface area contributed by atoms with Crippen molar-refractivity contribution in [3.63, 3.8) is 0 Å². The number of esters is 1. The maximum Gasteiger partial charge on any atom is 0.352 e. The molecule has 0 saturated carbocycles. The third-order valence-corrected chi connectivity index (χ3v) is 2.86. The van der Waals surface area contributed by atoms with Gasteiger partial charge in [-0.1, -0.05) is 12.1 Å². The van der Waals surface area contributed by atoms with E-state index in [2.05, 4.69) is 0 Å². The standard InChI is InChI=1S/C13H14N4O2/c1-3-19-13(18)9(8-14)12-16(2)10-6-4-5-7-11(10)17(12)15/h4-7H,3,15H2,1-2H3/b12-9+. The van der Waals surface area contributed by atoms with Gasteiger partial charge in [0.2, 0.25) is 0 Å². The maximum atomic E-state index is 11.8. The molecule has 1 aromatic carbocycles. The van der Waals surface area contributed by atoms with Crippen molar-refractivity contribution in [3.05, 3.63) is 35.7 Å². The summed E-state index contributed by atoms with van der Waals surface area (Å²) >= 11 is 0. The first-order valence-corrected chi connectivity index (χ1v) is 5.80. The Labute approximate surface area is 111 Å². The fourth-order valence-electron chi connectivity index (χ4n) is 2.02. The summed E-state index contributed by atoms with van der Waals surface area (Å²) < 4.78 is 4.87. The Kier molecular flexibility index (Phi) is 3.40. The molecule has 6 heteroatoms. The maximum absolute atomic E-state index is 11.8. The van der Waals surface area contributed by atoms with Crippen LogP contribution in [-0.2, 0) is 9.53 Å². The predicted octanol–water partition coefficient (Wildman–Crippen LogP) is 1.11. The molecule has 1 heterocycles. The summed E-state index contributed by atoms with van der Waals surface area (Å²) in [6, 6.07) is 9.25.